The molecule has 6 heteroatoms. The van der Waals surface area contributed by atoms with Crippen molar-refractivity contribution in [2.24, 2.45) is 0 Å². The molecule has 0 fully saturated rings. The van der Waals surface area contributed by atoms with Crippen LogP contribution in [0.4, 0.5) is 10.5 Å². The summed E-state index contributed by atoms with van der Waals surface area (Å²) in [6.07, 6.45) is 4.88. The van der Waals surface area contributed by atoms with Crippen LogP contribution in [0, 0.1) is 0 Å². The summed E-state index contributed by atoms with van der Waals surface area (Å²) in [6.45, 7) is 6.44. The zero-order valence-electron chi connectivity index (χ0n) is 15.3. The maximum atomic E-state index is 12.4. The highest BCUT2D eigenvalue weighted by atomic mass is 16.5. The minimum Gasteiger partial charge on any atom is -0.497 e. The van der Waals surface area contributed by atoms with Crippen LogP contribution in [-0.2, 0) is 12.0 Å². The number of nitrogens with one attached hydrogen (secondary N) is 2. The Hall–Kier alpha value is -2.50. The van der Waals surface area contributed by atoms with Gasteiger partial charge in [0, 0.05) is 16.9 Å². The number of ether oxygens (including phenoxy) is 1. The van der Waals surface area contributed by atoms with Crippen LogP contribution in [0.1, 0.15) is 50.9 Å². The molecule has 3 rings (SSSR count). The third kappa shape index (κ3) is 3.78. The lowest BCUT2D eigenvalue weighted by Gasteiger charge is -2.28. The lowest BCUT2D eigenvalue weighted by atomic mass is 9.92. The van der Waals surface area contributed by atoms with Crippen molar-refractivity contribution >= 4 is 11.7 Å². The second-order valence-corrected chi connectivity index (χ2v) is 7.40. The number of rotatable bonds is 3. The fourth-order valence-electron chi connectivity index (χ4n) is 3.28. The Morgan fingerprint density at radius 2 is 2.00 bits per heavy atom. The molecular formula is C19H26N4O2. The SMILES string of the molecule is COc1ccc(NC(=O)N[C@@H]2CCCc3c2cnn3C(C)(C)C)cc1. The van der Waals surface area contributed by atoms with Crippen molar-refractivity contribution in [3.8, 4) is 5.75 Å². The highest BCUT2D eigenvalue weighted by Gasteiger charge is 2.28. The average molecular weight is 342 g/mol. The van der Waals surface area contributed by atoms with Gasteiger partial charge >= 0.3 is 6.03 Å². The fraction of sp³-hybridized carbons (Fsp3) is 0.474. The number of hydrogen-bond donors (Lipinski definition) is 2. The van der Waals surface area contributed by atoms with Gasteiger partial charge in [-0.3, -0.25) is 4.68 Å². The second kappa shape index (κ2) is 6.78. The molecular weight excluding hydrogens is 316 g/mol. The zero-order chi connectivity index (χ0) is 18.0. The summed E-state index contributed by atoms with van der Waals surface area (Å²) in [5, 5.41) is 10.5. The van der Waals surface area contributed by atoms with Gasteiger partial charge in [0.25, 0.3) is 0 Å². The molecule has 0 radical (unpaired) electrons. The molecule has 1 aromatic heterocycles. The molecule has 0 aliphatic heterocycles. The maximum Gasteiger partial charge on any atom is 0.319 e. The number of methoxy groups -OCH3 is 1. The Balaban J connectivity index is 1.69. The van der Waals surface area contributed by atoms with Crippen molar-refractivity contribution in [2.75, 3.05) is 12.4 Å². The summed E-state index contributed by atoms with van der Waals surface area (Å²) in [5.74, 6) is 0.762. The van der Waals surface area contributed by atoms with Crippen LogP contribution in [0.2, 0.25) is 0 Å². The molecule has 1 heterocycles. The molecule has 0 saturated carbocycles. The van der Waals surface area contributed by atoms with Crippen molar-refractivity contribution in [1.82, 2.24) is 15.1 Å². The van der Waals surface area contributed by atoms with Gasteiger partial charge in [-0.25, -0.2) is 4.79 Å². The number of fused-ring (bicyclic) bond motifs is 1. The standard InChI is InChI=1S/C19H26N4O2/c1-19(2,3)23-17-7-5-6-16(15(17)12-20-23)22-18(24)21-13-8-10-14(25-4)11-9-13/h8-12,16H,5-7H2,1-4H3,(H2,21,22,24)/t16-/m1/s1. The monoisotopic (exact) mass is 342 g/mol. The number of nitrogens with zero attached hydrogens (tertiary/aromatic N) is 2. The number of hydrogen-bond acceptors (Lipinski definition) is 3. The smallest absolute Gasteiger partial charge is 0.319 e. The summed E-state index contributed by atoms with van der Waals surface area (Å²) < 4.78 is 7.21. The fourth-order valence-corrected chi connectivity index (χ4v) is 3.28. The van der Waals surface area contributed by atoms with Gasteiger partial charge in [0.05, 0.1) is 24.9 Å². The van der Waals surface area contributed by atoms with Gasteiger partial charge in [-0.2, -0.15) is 5.10 Å². The largest absolute Gasteiger partial charge is 0.497 e. The molecule has 2 amide bonds. The maximum absolute atomic E-state index is 12.4. The van der Waals surface area contributed by atoms with E-state index in [1.54, 1.807) is 7.11 Å². The van der Waals surface area contributed by atoms with Crippen LogP contribution in [0.25, 0.3) is 0 Å². The average Bonchev–Trinajstić information content (AvgIpc) is 3.01. The van der Waals surface area contributed by atoms with E-state index in [0.29, 0.717) is 0 Å². The number of benzene rings is 1. The zero-order valence-corrected chi connectivity index (χ0v) is 15.3. The molecule has 1 atom stereocenters. The highest BCUT2D eigenvalue weighted by molar-refractivity contribution is 5.89. The van der Waals surface area contributed by atoms with E-state index in [9.17, 15) is 4.79 Å². The Morgan fingerprint density at radius 1 is 1.28 bits per heavy atom. The van der Waals surface area contributed by atoms with Gasteiger partial charge < -0.3 is 15.4 Å². The molecule has 2 aromatic rings. The molecule has 0 spiro atoms. The van der Waals surface area contributed by atoms with E-state index in [0.717, 1.165) is 36.3 Å². The minimum absolute atomic E-state index is 0.00176. The third-order valence-corrected chi connectivity index (χ3v) is 4.47. The Morgan fingerprint density at radius 3 is 2.64 bits per heavy atom. The summed E-state index contributed by atoms with van der Waals surface area (Å²) >= 11 is 0. The number of aromatic nitrogens is 2. The van der Waals surface area contributed by atoms with Gasteiger partial charge in [-0.1, -0.05) is 0 Å². The number of carbonyl (C=O) groups is 1. The van der Waals surface area contributed by atoms with E-state index >= 15 is 0 Å². The third-order valence-electron chi connectivity index (χ3n) is 4.47. The van der Waals surface area contributed by atoms with Gasteiger partial charge in [-0.15, -0.1) is 0 Å². The second-order valence-electron chi connectivity index (χ2n) is 7.40. The van der Waals surface area contributed by atoms with E-state index < -0.39 is 0 Å². The van der Waals surface area contributed by atoms with E-state index in [4.69, 9.17) is 4.74 Å². The number of anilines is 1. The van der Waals surface area contributed by atoms with Crippen molar-refractivity contribution in [1.29, 1.82) is 0 Å². The van der Waals surface area contributed by atoms with Crippen LogP contribution < -0.4 is 15.4 Å². The first-order valence-electron chi connectivity index (χ1n) is 8.67. The topological polar surface area (TPSA) is 68.2 Å². The van der Waals surface area contributed by atoms with E-state index in [1.165, 1.54) is 5.69 Å². The molecule has 25 heavy (non-hydrogen) atoms. The van der Waals surface area contributed by atoms with Crippen molar-refractivity contribution in [3.05, 3.63) is 41.7 Å². The van der Waals surface area contributed by atoms with Crippen molar-refractivity contribution < 1.29 is 9.53 Å². The number of amides is 2. The molecule has 1 aromatic carbocycles. The molecule has 134 valence electrons. The predicted molar refractivity (Wildman–Crippen MR) is 98.1 cm³/mol. The van der Waals surface area contributed by atoms with Gasteiger partial charge in [-0.05, 0) is 64.3 Å². The lowest BCUT2D eigenvalue weighted by molar-refractivity contribution is 0.247. The molecule has 0 saturated heterocycles. The van der Waals surface area contributed by atoms with E-state index in [-0.39, 0.29) is 17.6 Å². The first-order chi connectivity index (χ1) is 11.9. The molecule has 2 N–H and O–H groups in total. The minimum atomic E-state index is -0.202. The first kappa shape index (κ1) is 17.3. The molecule has 6 nitrogen and oxygen atoms in total. The molecule has 1 aliphatic carbocycles. The number of carbonyl (C=O) groups excluding carboxylic acids is 1. The van der Waals surface area contributed by atoms with Gasteiger partial charge in [0.15, 0.2) is 0 Å². The molecule has 0 bridgehead atoms. The van der Waals surface area contributed by atoms with Crippen LogP contribution >= 0.6 is 0 Å². The van der Waals surface area contributed by atoms with Crippen LogP contribution in [-0.4, -0.2) is 22.9 Å². The quantitative estimate of drug-likeness (QED) is 0.890. The van der Waals surface area contributed by atoms with Crippen molar-refractivity contribution in [2.45, 2.75) is 51.6 Å². The van der Waals surface area contributed by atoms with Crippen molar-refractivity contribution in [3.63, 3.8) is 0 Å². The summed E-state index contributed by atoms with van der Waals surface area (Å²) in [6, 6.07) is 7.08. The normalized spacial score (nSPS) is 16.9. The van der Waals surface area contributed by atoms with E-state index in [1.807, 2.05) is 30.5 Å². The highest BCUT2D eigenvalue weighted by Crippen LogP contribution is 2.32. The Kier molecular flexibility index (Phi) is 4.70. The first-order valence-corrected chi connectivity index (χ1v) is 8.67. The van der Waals surface area contributed by atoms with E-state index in [2.05, 4.69) is 41.2 Å². The molecule has 1 aliphatic rings. The molecule has 0 unspecified atom stereocenters. The van der Waals surface area contributed by atoms with Crippen LogP contribution in [0.15, 0.2) is 30.5 Å². The van der Waals surface area contributed by atoms with Gasteiger partial charge in [0.1, 0.15) is 5.75 Å². The number of urea groups is 1. The Bertz CT molecular complexity index is 744. The predicted octanol–water partition coefficient (Wildman–Crippen LogP) is 3.85. The van der Waals surface area contributed by atoms with Gasteiger partial charge in [0.2, 0.25) is 0 Å². The summed E-state index contributed by atoms with van der Waals surface area (Å²) in [5.41, 5.74) is 3.04. The summed E-state index contributed by atoms with van der Waals surface area (Å²) in [4.78, 5) is 12.4. The lowest BCUT2D eigenvalue weighted by Crippen LogP contribution is -2.35. The van der Waals surface area contributed by atoms with Crippen LogP contribution in [0.3, 0.4) is 0 Å². The van der Waals surface area contributed by atoms with Crippen LogP contribution in [0.5, 0.6) is 5.75 Å². The Labute approximate surface area is 148 Å². The summed E-state index contributed by atoms with van der Waals surface area (Å²) in [7, 11) is 1.62.